The molecule has 0 unspecified atom stereocenters. The molecule has 3 N–H and O–H groups in total. The van der Waals surface area contributed by atoms with Crippen LogP contribution in [-0.2, 0) is 4.74 Å². The Labute approximate surface area is 75.5 Å². The van der Waals surface area contributed by atoms with Crippen LogP contribution in [0.3, 0.4) is 0 Å². The number of thioether (sulfide) groups is 1. The summed E-state index contributed by atoms with van der Waals surface area (Å²) in [4.78, 5) is 0. The van der Waals surface area contributed by atoms with Crippen LogP contribution in [0, 0.1) is 0 Å². The summed E-state index contributed by atoms with van der Waals surface area (Å²) in [5, 5.41) is 27.4. The highest BCUT2D eigenvalue weighted by Gasteiger charge is 2.35. The van der Waals surface area contributed by atoms with E-state index in [0.717, 1.165) is 0 Å². The minimum atomic E-state index is -0.960. The van der Waals surface area contributed by atoms with E-state index >= 15 is 0 Å². The summed E-state index contributed by atoms with van der Waals surface area (Å²) >= 11 is 1.47. The summed E-state index contributed by atoms with van der Waals surface area (Å²) in [5.74, 6) is 0. The van der Waals surface area contributed by atoms with Crippen LogP contribution in [0.4, 0.5) is 0 Å². The molecule has 1 aliphatic rings. The third-order valence-electron chi connectivity index (χ3n) is 1.98. The topological polar surface area (TPSA) is 69.9 Å². The molecule has 0 amide bonds. The highest BCUT2D eigenvalue weighted by molar-refractivity contribution is 7.99. The predicted molar refractivity (Wildman–Crippen MR) is 45.9 cm³/mol. The second kappa shape index (κ2) is 4.43. The van der Waals surface area contributed by atoms with Gasteiger partial charge in [-0.2, -0.15) is 0 Å². The maximum Gasteiger partial charge on any atom is 0.110 e. The Morgan fingerprint density at radius 3 is 2.67 bits per heavy atom. The van der Waals surface area contributed by atoms with Crippen molar-refractivity contribution in [3.63, 3.8) is 0 Å². The molecular formula is C7H14O4S. The molecule has 0 aliphatic carbocycles. The lowest BCUT2D eigenvalue weighted by Gasteiger charge is -2.35. The van der Waals surface area contributed by atoms with Crippen molar-refractivity contribution in [2.45, 2.75) is 30.2 Å². The average Bonchev–Trinajstić information content (AvgIpc) is 2.09. The number of hydrogen-bond acceptors (Lipinski definition) is 5. The molecule has 5 heteroatoms. The van der Waals surface area contributed by atoms with Crippen LogP contribution in [0.5, 0.6) is 0 Å². The molecule has 0 aromatic carbocycles. The lowest BCUT2D eigenvalue weighted by atomic mass is 10.0. The molecule has 0 spiro atoms. The first-order valence-electron chi connectivity index (χ1n) is 3.84. The van der Waals surface area contributed by atoms with Crippen molar-refractivity contribution in [1.82, 2.24) is 0 Å². The van der Waals surface area contributed by atoms with Crippen LogP contribution < -0.4 is 0 Å². The molecule has 1 saturated heterocycles. The highest BCUT2D eigenvalue weighted by Crippen LogP contribution is 2.25. The molecule has 1 heterocycles. The molecule has 1 fully saturated rings. The maximum absolute atomic E-state index is 9.33. The Kier molecular flexibility index (Phi) is 3.79. The molecule has 4 atom stereocenters. The van der Waals surface area contributed by atoms with Crippen LogP contribution >= 0.6 is 11.8 Å². The van der Waals surface area contributed by atoms with Crippen LogP contribution in [0.15, 0.2) is 0 Å². The number of rotatable bonds is 2. The molecule has 0 aromatic rings. The van der Waals surface area contributed by atoms with Gasteiger partial charge in [0.15, 0.2) is 0 Å². The monoisotopic (exact) mass is 194 g/mol. The highest BCUT2D eigenvalue weighted by atomic mass is 32.2. The first-order valence-corrected chi connectivity index (χ1v) is 5.13. The standard InChI is InChI=1S/C7H14O4S/c1-12-6-2-4(9)7(10)5(3-8)11-6/h4-10H,2-3H2,1H3/t4-,5-,6-,7-/m1/s1. The lowest BCUT2D eigenvalue weighted by molar-refractivity contribution is -0.157. The smallest absolute Gasteiger partial charge is 0.110 e. The van der Waals surface area contributed by atoms with Crippen molar-refractivity contribution in [3.05, 3.63) is 0 Å². The van der Waals surface area contributed by atoms with Gasteiger partial charge in [0.25, 0.3) is 0 Å². The zero-order valence-electron chi connectivity index (χ0n) is 6.88. The van der Waals surface area contributed by atoms with Gasteiger partial charge in [-0.3, -0.25) is 0 Å². The minimum Gasteiger partial charge on any atom is -0.394 e. The van der Waals surface area contributed by atoms with Gasteiger partial charge in [-0.05, 0) is 6.26 Å². The van der Waals surface area contributed by atoms with Gasteiger partial charge in [0, 0.05) is 6.42 Å². The third kappa shape index (κ3) is 2.11. The fourth-order valence-electron chi connectivity index (χ4n) is 1.22. The number of aliphatic hydroxyl groups is 3. The van der Waals surface area contributed by atoms with E-state index in [2.05, 4.69) is 0 Å². The molecule has 12 heavy (non-hydrogen) atoms. The van der Waals surface area contributed by atoms with Gasteiger partial charge in [0.2, 0.25) is 0 Å². The van der Waals surface area contributed by atoms with E-state index in [9.17, 15) is 10.2 Å². The zero-order valence-corrected chi connectivity index (χ0v) is 7.70. The molecule has 4 nitrogen and oxygen atoms in total. The van der Waals surface area contributed by atoms with E-state index in [1.807, 2.05) is 6.26 Å². The van der Waals surface area contributed by atoms with Crippen molar-refractivity contribution in [2.24, 2.45) is 0 Å². The first kappa shape index (κ1) is 10.3. The van der Waals surface area contributed by atoms with Crippen molar-refractivity contribution in [1.29, 1.82) is 0 Å². The molecule has 0 radical (unpaired) electrons. The van der Waals surface area contributed by atoms with Crippen molar-refractivity contribution in [3.8, 4) is 0 Å². The van der Waals surface area contributed by atoms with Gasteiger partial charge < -0.3 is 20.1 Å². The van der Waals surface area contributed by atoms with Gasteiger partial charge in [-0.15, -0.1) is 11.8 Å². The van der Waals surface area contributed by atoms with Gasteiger partial charge in [-0.1, -0.05) is 0 Å². The summed E-state index contributed by atoms with van der Waals surface area (Å²) in [6.45, 7) is -0.255. The Hall–Kier alpha value is 0.190. The Bertz CT molecular complexity index is 143. The van der Waals surface area contributed by atoms with Gasteiger partial charge in [-0.25, -0.2) is 0 Å². The molecule has 1 rings (SSSR count). The van der Waals surface area contributed by atoms with Crippen LogP contribution in [0.1, 0.15) is 6.42 Å². The minimum absolute atomic E-state index is 0.124. The van der Waals surface area contributed by atoms with Gasteiger partial charge in [0.05, 0.1) is 12.7 Å². The number of hydrogen-bond donors (Lipinski definition) is 3. The molecule has 0 bridgehead atoms. The van der Waals surface area contributed by atoms with Crippen LogP contribution in [0.2, 0.25) is 0 Å². The summed E-state index contributed by atoms with van der Waals surface area (Å²) in [6.07, 6.45) is -0.111. The quantitative estimate of drug-likeness (QED) is 0.536. The molecule has 0 aromatic heterocycles. The van der Waals surface area contributed by atoms with E-state index in [4.69, 9.17) is 9.84 Å². The Morgan fingerprint density at radius 1 is 1.50 bits per heavy atom. The lowest BCUT2D eigenvalue weighted by Crippen LogP contribution is -2.48. The second-order valence-electron chi connectivity index (χ2n) is 2.82. The van der Waals surface area contributed by atoms with Gasteiger partial charge in [0.1, 0.15) is 17.6 Å². The Morgan fingerprint density at radius 2 is 2.17 bits per heavy atom. The van der Waals surface area contributed by atoms with Crippen molar-refractivity contribution in [2.75, 3.05) is 12.9 Å². The fraction of sp³-hybridized carbons (Fsp3) is 1.00. The molecular weight excluding hydrogens is 180 g/mol. The van der Waals surface area contributed by atoms with E-state index in [-0.39, 0.29) is 12.0 Å². The number of aliphatic hydroxyl groups excluding tert-OH is 3. The summed E-state index contributed by atoms with van der Waals surface area (Å²) in [5.41, 5.74) is -0.124. The van der Waals surface area contributed by atoms with Gasteiger partial charge >= 0.3 is 0 Å². The average molecular weight is 194 g/mol. The van der Waals surface area contributed by atoms with Crippen molar-refractivity contribution >= 4 is 11.8 Å². The van der Waals surface area contributed by atoms with E-state index < -0.39 is 18.3 Å². The van der Waals surface area contributed by atoms with E-state index in [1.165, 1.54) is 11.8 Å². The predicted octanol–water partition coefficient (Wildman–Crippen LogP) is -0.822. The summed E-state index contributed by atoms with van der Waals surface area (Å²) < 4.78 is 5.27. The van der Waals surface area contributed by atoms with Crippen molar-refractivity contribution < 1.29 is 20.1 Å². The third-order valence-corrected chi connectivity index (χ3v) is 2.81. The summed E-state index contributed by atoms with van der Waals surface area (Å²) in [6, 6.07) is 0. The summed E-state index contributed by atoms with van der Waals surface area (Å²) in [7, 11) is 0. The van der Waals surface area contributed by atoms with E-state index in [0.29, 0.717) is 6.42 Å². The Balaban J connectivity index is 2.52. The SMILES string of the molecule is CS[C@@H]1C[C@@H](O)[C@@H](O)[C@@H](CO)O1. The van der Waals surface area contributed by atoms with Crippen LogP contribution in [-0.4, -0.2) is 51.9 Å². The molecule has 1 aliphatic heterocycles. The normalized spacial score (nSPS) is 43.0. The molecule has 0 saturated carbocycles. The zero-order chi connectivity index (χ0) is 9.14. The first-order chi connectivity index (χ1) is 5.69. The largest absolute Gasteiger partial charge is 0.394 e. The number of ether oxygens (including phenoxy) is 1. The van der Waals surface area contributed by atoms with Crippen LogP contribution in [0.25, 0.3) is 0 Å². The second-order valence-corrected chi connectivity index (χ2v) is 3.81. The molecule has 72 valence electrons. The maximum atomic E-state index is 9.33. The van der Waals surface area contributed by atoms with E-state index in [1.54, 1.807) is 0 Å². The fourth-order valence-corrected chi connectivity index (χ4v) is 1.86.